The van der Waals surface area contributed by atoms with Crippen molar-refractivity contribution in [2.24, 2.45) is 5.92 Å². The molecule has 1 saturated heterocycles. The van der Waals surface area contributed by atoms with Gasteiger partial charge in [-0.2, -0.15) is 0 Å². The molecule has 0 aromatic heterocycles. The van der Waals surface area contributed by atoms with E-state index in [1.54, 1.807) is 7.11 Å². The van der Waals surface area contributed by atoms with Crippen LogP contribution in [0.3, 0.4) is 0 Å². The molecule has 0 radical (unpaired) electrons. The predicted molar refractivity (Wildman–Crippen MR) is 102 cm³/mol. The molecular weight excluding hydrogens is 328 g/mol. The molecule has 0 bridgehead atoms. The highest BCUT2D eigenvalue weighted by atomic mass is 16.5. The van der Waals surface area contributed by atoms with Gasteiger partial charge in [0.25, 0.3) is 0 Å². The lowest BCUT2D eigenvalue weighted by atomic mass is 10.1. The molecule has 138 valence electrons. The summed E-state index contributed by atoms with van der Waals surface area (Å²) in [6.45, 7) is 5.73. The summed E-state index contributed by atoms with van der Waals surface area (Å²) in [5.41, 5.74) is 1.92. The van der Waals surface area contributed by atoms with E-state index in [0.717, 1.165) is 17.8 Å². The number of methoxy groups -OCH3 is 1. The van der Waals surface area contributed by atoms with Crippen molar-refractivity contribution in [3.05, 3.63) is 42.0 Å². The van der Waals surface area contributed by atoms with Crippen LogP contribution in [0, 0.1) is 18.3 Å². The third-order valence-electron chi connectivity index (χ3n) is 4.80. The number of anilines is 1. The number of nitrogens with zero attached hydrogens (tertiary/aromatic N) is 2. The average Bonchev–Trinajstić information content (AvgIpc) is 3.15. The first-order valence-corrected chi connectivity index (χ1v) is 8.98. The van der Waals surface area contributed by atoms with Crippen LogP contribution in [0.5, 0.6) is 0 Å². The van der Waals surface area contributed by atoms with Crippen LogP contribution >= 0.6 is 0 Å². The summed E-state index contributed by atoms with van der Waals surface area (Å²) in [5, 5.41) is 0. The second kappa shape index (κ2) is 7.94. The number of carbonyl (C=O) groups is 1. The van der Waals surface area contributed by atoms with Crippen LogP contribution < -0.4 is 4.90 Å². The smallest absolute Gasteiger partial charge is 0.325 e. The Morgan fingerprint density at radius 1 is 1.23 bits per heavy atom. The molecule has 1 aliphatic carbocycles. The molecule has 3 atom stereocenters. The Balaban J connectivity index is 1.82. The molecule has 0 spiro atoms. The molecule has 3 rings (SSSR count). The van der Waals surface area contributed by atoms with Crippen molar-refractivity contribution in [1.29, 1.82) is 0 Å². The van der Waals surface area contributed by atoms with E-state index in [4.69, 9.17) is 15.9 Å². The van der Waals surface area contributed by atoms with Gasteiger partial charge in [0, 0.05) is 19.3 Å². The topological polar surface area (TPSA) is 42.0 Å². The van der Waals surface area contributed by atoms with E-state index >= 15 is 0 Å². The normalized spacial score (nSPS) is 24.4. The summed E-state index contributed by atoms with van der Waals surface area (Å²) in [6, 6.07) is 7.95. The molecule has 1 aromatic rings. The summed E-state index contributed by atoms with van der Waals surface area (Å²) in [7, 11) is 1.70. The van der Waals surface area contributed by atoms with Gasteiger partial charge < -0.3 is 14.4 Å². The third-order valence-corrected chi connectivity index (χ3v) is 4.80. The van der Waals surface area contributed by atoms with Crippen molar-refractivity contribution in [2.45, 2.75) is 38.6 Å². The Morgan fingerprint density at radius 2 is 1.96 bits per heavy atom. The fourth-order valence-electron chi connectivity index (χ4n) is 3.71. The minimum absolute atomic E-state index is 0.00487. The molecule has 5 heteroatoms. The van der Waals surface area contributed by atoms with Crippen molar-refractivity contribution < 1.29 is 14.3 Å². The van der Waals surface area contributed by atoms with E-state index in [1.807, 2.05) is 34.1 Å². The van der Waals surface area contributed by atoms with E-state index in [9.17, 15) is 4.79 Å². The fourth-order valence-corrected chi connectivity index (χ4v) is 3.71. The molecule has 0 saturated carbocycles. The molecule has 5 nitrogen and oxygen atoms in total. The van der Waals surface area contributed by atoms with Crippen LogP contribution in [0.4, 0.5) is 10.5 Å². The summed E-state index contributed by atoms with van der Waals surface area (Å²) in [4.78, 5) is 16.9. The second-order valence-electron chi connectivity index (χ2n) is 7.13. The van der Waals surface area contributed by atoms with E-state index in [1.165, 1.54) is 0 Å². The zero-order chi connectivity index (χ0) is 18.7. The van der Waals surface area contributed by atoms with E-state index < -0.39 is 0 Å². The minimum atomic E-state index is -0.0656. The summed E-state index contributed by atoms with van der Waals surface area (Å²) >= 11 is 0. The molecule has 26 heavy (non-hydrogen) atoms. The molecular formula is C21H26N2O3. The minimum Gasteiger partial charge on any atom is -0.375 e. The highest BCUT2D eigenvalue weighted by Gasteiger charge is 2.51. The highest BCUT2D eigenvalue weighted by Crippen LogP contribution is 2.36. The number of fused-ring (bicyclic) bond motifs is 1. The zero-order valence-corrected chi connectivity index (χ0v) is 15.6. The number of hydrogen-bond acceptors (Lipinski definition) is 3. The molecule has 1 aromatic carbocycles. The number of ether oxygens (including phenoxy) is 2. The first kappa shape index (κ1) is 18.5. The first-order chi connectivity index (χ1) is 12.6. The average molecular weight is 354 g/mol. The van der Waals surface area contributed by atoms with Gasteiger partial charge in [0.2, 0.25) is 0 Å². The number of urea groups is 1. The maximum absolute atomic E-state index is 13.1. The van der Waals surface area contributed by atoms with Crippen molar-refractivity contribution in [2.75, 3.05) is 25.2 Å². The lowest BCUT2D eigenvalue weighted by Gasteiger charge is -2.28. The Kier molecular flexibility index (Phi) is 5.65. The second-order valence-corrected chi connectivity index (χ2v) is 7.13. The van der Waals surface area contributed by atoms with E-state index in [0.29, 0.717) is 19.1 Å². The molecule has 1 heterocycles. The maximum Gasteiger partial charge on any atom is 0.325 e. The van der Waals surface area contributed by atoms with Gasteiger partial charge in [-0.05, 0) is 23.6 Å². The largest absolute Gasteiger partial charge is 0.375 e. The maximum atomic E-state index is 13.1. The summed E-state index contributed by atoms with van der Waals surface area (Å²) in [6.07, 6.45) is 9.27. The molecule has 1 fully saturated rings. The quantitative estimate of drug-likeness (QED) is 0.429. The Bertz CT molecular complexity index is 705. The van der Waals surface area contributed by atoms with Gasteiger partial charge in [0.05, 0.1) is 24.8 Å². The van der Waals surface area contributed by atoms with Crippen LogP contribution in [0.15, 0.2) is 36.4 Å². The Labute approximate surface area is 155 Å². The van der Waals surface area contributed by atoms with Crippen LogP contribution in [0.2, 0.25) is 0 Å². The van der Waals surface area contributed by atoms with Gasteiger partial charge >= 0.3 is 6.03 Å². The van der Waals surface area contributed by atoms with Crippen LogP contribution in [0.1, 0.15) is 19.4 Å². The SMILES string of the molecule is C#CCOCc1ccc(N2C(=O)N(CC(C)C)C3C(OC)C=CC32)cc1. The van der Waals surface area contributed by atoms with E-state index in [-0.39, 0.29) is 24.2 Å². The van der Waals surface area contributed by atoms with Gasteiger partial charge in [-0.15, -0.1) is 6.42 Å². The monoisotopic (exact) mass is 354 g/mol. The number of hydrogen-bond donors (Lipinski definition) is 0. The van der Waals surface area contributed by atoms with Crippen molar-refractivity contribution >= 4 is 11.7 Å². The summed E-state index contributed by atoms with van der Waals surface area (Å²) in [5.74, 6) is 2.85. The predicted octanol–water partition coefficient (Wildman–Crippen LogP) is 3.06. The zero-order valence-electron chi connectivity index (χ0n) is 15.6. The number of terminal acetylenes is 1. The number of carbonyl (C=O) groups excluding carboxylic acids is 1. The van der Waals surface area contributed by atoms with Gasteiger partial charge in [-0.25, -0.2) is 4.79 Å². The fraction of sp³-hybridized carbons (Fsp3) is 0.476. The van der Waals surface area contributed by atoms with Gasteiger partial charge in [0.1, 0.15) is 6.61 Å². The third kappa shape index (κ3) is 3.48. The van der Waals surface area contributed by atoms with Gasteiger partial charge in [0.15, 0.2) is 0 Å². The molecule has 2 aliphatic rings. The summed E-state index contributed by atoms with van der Waals surface area (Å²) < 4.78 is 11.0. The van der Waals surface area contributed by atoms with Crippen molar-refractivity contribution in [3.63, 3.8) is 0 Å². The number of benzene rings is 1. The number of amides is 2. The van der Waals surface area contributed by atoms with Gasteiger partial charge in [-0.1, -0.05) is 44.1 Å². The number of rotatable bonds is 7. The van der Waals surface area contributed by atoms with Gasteiger partial charge in [-0.3, -0.25) is 4.90 Å². The lowest BCUT2D eigenvalue weighted by molar-refractivity contribution is 0.0738. The molecule has 0 N–H and O–H groups in total. The standard InChI is InChI=1S/C21H26N2O3/c1-5-12-26-14-16-6-8-17(9-7-16)23-18-10-11-19(25-4)20(18)22(21(23)24)13-15(2)3/h1,6-11,15,18-20H,12-14H2,2-4H3. The molecule has 2 amide bonds. The van der Waals surface area contributed by atoms with Crippen molar-refractivity contribution in [1.82, 2.24) is 4.90 Å². The molecule has 1 aliphatic heterocycles. The molecule has 3 unspecified atom stereocenters. The highest BCUT2D eigenvalue weighted by molar-refractivity contribution is 5.96. The Hall–Kier alpha value is -2.29. The Morgan fingerprint density at radius 3 is 2.58 bits per heavy atom. The van der Waals surface area contributed by atoms with Crippen LogP contribution in [0.25, 0.3) is 0 Å². The van der Waals surface area contributed by atoms with Crippen LogP contribution in [-0.2, 0) is 16.1 Å². The lowest BCUT2D eigenvalue weighted by Crippen LogP contribution is -2.44. The van der Waals surface area contributed by atoms with E-state index in [2.05, 4.69) is 31.9 Å². The van der Waals surface area contributed by atoms with Crippen LogP contribution in [-0.4, -0.2) is 49.4 Å². The van der Waals surface area contributed by atoms with Crippen molar-refractivity contribution in [3.8, 4) is 12.3 Å². The first-order valence-electron chi connectivity index (χ1n) is 8.98.